The summed E-state index contributed by atoms with van der Waals surface area (Å²) in [6.45, 7) is 6.44. The minimum Gasteiger partial charge on any atom is -0.348 e. The van der Waals surface area contributed by atoms with Crippen LogP contribution in [-0.4, -0.2) is 43.7 Å². The molecule has 2 N–H and O–H groups in total. The number of sulfonamides is 1. The normalized spacial score (nSPS) is 17.0. The molecule has 7 nitrogen and oxygen atoms in total. The average molecular weight is 458 g/mol. The molecular formula is C24H31N3O4S. The van der Waals surface area contributed by atoms with Gasteiger partial charge in [0.05, 0.1) is 4.90 Å². The molecule has 0 bridgehead atoms. The highest BCUT2D eigenvalue weighted by molar-refractivity contribution is 7.89. The van der Waals surface area contributed by atoms with E-state index >= 15 is 0 Å². The lowest BCUT2D eigenvalue weighted by Gasteiger charge is -2.34. The fraction of sp³-hybridized carbons (Fsp3) is 0.417. The molecule has 2 amide bonds. The van der Waals surface area contributed by atoms with Crippen LogP contribution in [0.4, 0.5) is 5.69 Å². The van der Waals surface area contributed by atoms with Crippen molar-refractivity contribution in [1.29, 1.82) is 0 Å². The molecule has 3 rings (SSSR count). The van der Waals surface area contributed by atoms with Crippen LogP contribution in [0.15, 0.2) is 47.4 Å². The Balaban J connectivity index is 1.58. The fourth-order valence-corrected chi connectivity index (χ4v) is 5.82. The zero-order valence-electron chi connectivity index (χ0n) is 18.8. The minimum absolute atomic E-state index is 0.210. The van der Waals surface area contributed by atoms with E-state index in [2.05, 4.69) is 10.6 Å². The van der Waals surface area contributed by atoms with Crippen LogP contribution >= 0.6 is 0 Å². The van der Waals surface area contributed by atoms with Crippen LogP contribution in [-0.2, 0) is 19.6 Å². The number of benzene rings is 2. The first-order chi connectivity index (χ1) is 15.2. The van der Waals surface area contributed by atoms with Crippen molar-refractivity contribution in [2.75, 3.05) is 18.4 Å². The van der Waals surface area contributed by atoms with Crippen LogP contribution < -0.4 is 10.6 Å². The summed E-state index contributed by atoms with van der Waals surface area (Å²) in [6, 6.07) is 12.2. The second kappa shape index (κ2) is 10.3. The van der Waals surface area contributed by atoms with Gasteiger partial charge in [0.25, 0.3) is 0 Å². The molecule has 1 saturated heterocycles. The number of nitrogens with one attached hydrogen (secondary N) is 2. The van der Waals surface area contributed by atoms with Crippen molar-refractivity contribution < 1.29 is 18.0 Å². The molecule has 0 aromatic heterocycles. The van der Waals surface area contributed by atoms with Crippen molar-refractivity contribution in [3.63, 3.8) is 0 Å². The van der Waals surface area contributed by atoms with Crippen molar-refractivity contribution in [3.05, 3.63) is 59.2 Å². The summed E-state index contributed by atoms with van der Waals surface area (Å²) >= 11 is 0. The Morgan fingerprint density at radius 3 is 2.25 bits per heavy atom. The van der Waals surface area contributed by atoms with Crippen molar-refractivity contribution in [3.8, 4) is 0 Å². The van der Waals surface area contributed by atoms with Crippen LogP contribution in [0.5, 0.6) is 0 Å². The van der Waals surface area contributed by atoms with E-state index in [0.717, 1.165) is 36.0 Å². The molecule has 1 aliphatic heterocycles. The lowest BCUT2D eigenvalue weighted by molar-refractivity contribution is -0.136. The number of hydrogen-bond acceptors (Lipinski definition) is 4. The average Bonchev–Trinajstić information content (AvgIpc) is 2.73. The monoisotopic (exact) mass is 457 g/mol. The Morgan fingerprint density at radius 2 is 1.59 bits per heavy atom. The number of piperidine rings is 1. The third kappa shape index (κ3) is 5.95. The molecule has 32 heavy (non-hydrogen) atoms. The van der Waals surface area contributed by atoms with Crippen LogP contribution in [0.1, 0.15) is 42.4 Å². The molecule has 0 spiro atoms. The quantitative estimate of drug-likeness (QED) is 0.651. The van der Waals surface area contributed by atoms with Crippen LogP contribution in [0.25, 0.3) is 0 Å². The van der Waals surface area contributed by atoms with Crippen molar-refractivity contribution >= 4 is 27.5 Å². The van der Waals surface area contributed by atoms with Gasteiger partial charge in [-0.3, -0.25) is 9.59 Å². The van der Waals surface area contributed by atoms with Gasteiger partial charge in [-0.15, -0.1) is 0 Å². The van der Waals surface area contributed by atoms with E-state index in [1.807, 2.05) is 26.8 Å². The lowest BCUT2D eigenvalue weighted by atomic mass is 10.0. The van der Waals surface area contributed by atoms with Crippen LogP contribution in [0, 0.1) is 20.8 Å². The van der Waals surface area contributed by atoms with E-state index in [4.69, 9.17) is 0 Å². The standard InChI is InChI=1S/C24H31N3O4S/c1-17-7-9-22(10-8-17)32(30,31)27-13-5-4-6-21(27)11-12-25-23(28)24(29)26-20-15-18(2)14-19(3)16-20/h7-10,14-16,21H,4-6,11-13H2,1-3H3,(H,25,28)(H,26,29)/t21-/m0/s1. The highest BCUT2D eigenvalue weighted by Crippen LogP contribution is 2.27. The number of hydrogen-bond donors (Lipinski definition) is 2. The van der Waals surface area contributed by atoms with E-state index in [0.29, 0.717) is 18.7 Å². The summed E-state index contributed by atoms with van der Waals surface area (Å²) in [4.78, 5) is 24.7. The van der Waals surface area contributed by atoms with Gasteiger partial charge in [0.1, 0.15) is 0 Å². The van der Waals surface area contributed by atoms with Crippen molar-refractivity contribution in [2.24, 2.45) is 0 Å². The predicted molar refractivity (Wildman–Crippen MR) is 125 cm³/mol. The van der Waals surface area contributed by atoms with Crippen LogP contribution in [0.2, 0.25) is 0 Å². The zero-order valence-corrected chi connectivity index (χ0v) is 19.7. The number of anilines is 1. The van der Waals surface area contributed by atoms with Crippen molar-refractivity contribution in [1.82, 2.24) is 9.62 Å². The third-order valence-corrected chi connectivity index (χ3v) is 7.62. The molecule has 2 aromatic carbocycles. The molecule has 1 aliphatic rings. The van der Waals surface area contributed by atoms with Gasteiger partial charge in [-0.25, -0.2) is 8.42 Å². The Labute approximate surface area is 190 Å². The zero-order chi connectivity index (χ0) is 23.3. The Hall–Kier alpha value is -2.71. The maximum Gasteiger partial charge on any atom is 0.313 e. The SMILES string of the molecule is Cc1ccc(S(=O)(=O)N2CCCC[C@H]2CCNC(=O)C(=O)Nc2cc(C)cc(C)c2)cc1. The Morgan fingerprint density at radius 1 is 0.938 bits per heavy atom. The molecule has 0 radical (unpaired) electrons. The molecule has 172 valence electrons. The number of amides is 2. The van der Waals surface area contributed by atoms with Crippen LogP contribution in [0.3, 0.4) is 0 Å². The number of nitrogens with zero attached hydrogens (tertiary/aromatic N) is 1. The number of carbonyl (C=O) groups excluding carboxylic acids is 2. The highest BCUT2D eigenvalue weighted by Gasteiger charge is 2.33. The maximum absolute atomic E-state index is 13.1. The fourth-order valence-electron chi connectivity index (χ4n) is 4.09. The van der Waals surface area contributed by atoms with Gasteiger partial charge >= 0.3 is 11.8 Å². The second-order valence-corrected chi connectivity index (χ2v) is 10.3. The Bertz CT molecular complexity index is 1060. The van der Waals surface area contributed by atoms with E-state index in [1.165, 1.54) is 0 Å². The minimum atomic E-state index is -3.60. The number of carbonyl (C=O) groups is 2. The molecular weight excluding hydrogens is 426 g/mol. The molecule has 1 atom stereocenters. The number of rotatable bonds is 6. The van der Waals surface area contributed by atoms with E-state index in [1.54, 1.807) is 40.7 Å². The summed E-state index contributed by atoms with van der Waals surface area (Å²) in [5, 5.41) is 5.24. The van der Waals surface area contributed by atoms with Gasteiger partial charge in [0.2, 0.25) is 10.0 Å². The first-order valence-electron chi connectivity index (χ1n) is 10.9. The van der Waals surface area contributed by atoms with Gasteiger partial charge in [-0.2, -0.15) is 4.31 Å². The molecule has 2 aromatic rings. The second-order valence-electron chi connectivity index (χ2n) is 8.45. The first kappa shape index (κ1) is 23.9. The first-order valence-corrected chi connectivity index (χ1v) is 12.4. The topological polar surface area (TPSA) is 95.6 Å². The number of aryl methyl sites for hydroxylation is 3. The largest absolute Gasteiger partial charge is 0.348 e. The lowest BCUT2D eigenvalue weighted by Crippen LogP contribution is -2.45. The molecule has 8 heteroatoms. The highest BCUT2D eigenvalue weighted by atomic mass is 32.2. The predicted octanol–water partition coefficient (Wildman–Crippen LogP) is 3.30. The summed E-state index contributed by atoms with van der Waals surface area (Å²) < 4.78 is 27.8. The van der Waals surface area contributed by atoms with E-state index in [9.17, 15) is 18.0 Å². The maximum atomic E-state index is 13.1. The Kier molecular flexibility index (Phi) is 7.69. The van der Waals surface area contributed by atoms with E-state index < -0.39 is 21.8 Å². The van der Waals surface area contributed by atoms with Gasteiger partial charge in [0.15, 0.2) is 0 Å². The van der Waals surface area contributed by atoms with Gasteiger partial charge in [-0.1, -0.05) is 30.2 Å². The van der Waals surface area contributed by atoms with Gasteiger partial charge in [0, 0.05) is 24.8 Å². The summed E-state index contributed by atoms with van der Waals surface area (Å²) in [6.07, 6.45) is 2.93. The summed E-state index contributed by atoms with van der Waals surface area (Å²) in [7, 11) is -3.60. The molecule has 0 unspecified atom stereocenters. The summed E-state index contributed by atoms with van der Waals surface area (Å²) in [5.41, 5.74) is 3.56. The smallest absolute Gasteiger partial charge is 0.313 e. The van der Waals surface area contributed by atoms with Gasteiger partial charge < -0.3 is 10.6 Å². The third-order valence-electron chi connectivity index (χ3n) is 5.65. The molecule has 0 saturated carbocycles. The van der Waals surface area contributed by atoms with Gasteiger partial charge in [-0.05, 0) is 75.4 Å². The van der Waals surface area contributed by atoms with Crippen molar-refractivity contribution in [2.45, 2.75) is 57.4 Å². The molecule has 1 fully saturated rings. The van der Waals surface area contributed by atoms with E-state index in [-0.39, 0.29) is 17.5 Å². The molecule has 1 heterocycles. The summed E-state index contributed by atoms with van der Waals surface area (Å²) in [5.74, 6) is -1.46. The molecule has 0 aliphatic carbocycles.